The van der Waals surface area contributed by atoms with E-state index in [2.05, 4.69) is 15.6 Å². The SMILES string of the molecule is Cc1nnc(NN)c2cc3oc(-c4cccc(C(F)(F)F)c4)cc3n12. The normalized spacial score (nSPS) is 12.2. The van der Waals surface area contributed by atoms with Crippen LogP contribution in [0, 0.1) is 6.92 Å². The first-order valence-electron chi connectivity index (χ1n) is 7.31. The van der Waals surface area contributed by atoms with Crippen molar-refractivity contribution >= 4 is 22.4 Å². The Morgan fingerprint density at radius 2 is 1.92 bits per heavy atom. The van der Waals surface area contributed by atoms with Crippen LogP contribution in [0.15, 0.2) is 40.8 Å². The van der Waals surface area contributed by atoms with E-state index in [1.54, 1.807) is 29.5 Å². The second-order valence-electron chi connectivity index (χ2n) is 5.54. The fraction of sp³-hybridized carbons (Fsp3) is 0.125. The molecule has 0 saturated carbocycles. The third-order valence-electron chi connectivity index (χ3n) is 3.96. The van der Waals surface area contributed by atoms with E-state index in [0.29, 0.717) is 39.6 Å². The molecular formula is C16H12F3N5O. The maximum absolute atomic E-state index is 12.9. The quantitative estimate of drug-likeness (QED) is 0.426. The predicted octanol–water partition coefficient (Wildman–Crippen LogP) is 3.76. The molecule has 0 aliphatic heterocycles. The Morgan fingerprint density at radius 3 is 2.64 bits per heavy atom. The lowest BCUT2D eigenvalue weighted by Gasteiger charge is -2.07. The van der Waals surface area contributed by atoms with Crippen molar-refractivity contribution in [2.24, 2.45) is 5.84 Å². The number of aromatic nitrogens is 3. The Balaban J connectivity index is 1.91. The number of nitrogen functional groups attached to an aromatic ring is 1. The van der Waals surface area contributed by atoms with Gasteiger partial charge in [0.15, 0.2) is 11.4 Å². The van der Waals surface area contributed by atoms with Gasteiger partial charge in [0.25, 0.3) is 0 Å². The van der Waals surface area contributed by atoms with E-state index >= 15 is 0 Å². The highest BCUT2D eigenvalue weighted by molar-refractivity contribution is 5.90. The third kappa shape index (κ3) is 2.40. The average molecular weight is 347 g/mol. The number of halogens is 3. The largest absolute Gasteiger partial charge is 0.454 e. The van der Waals surface area contributed by atoms with E-state index < -0.39 is 11.7 Å². The van der Waals surface area contributed by atoms with E-state index in [0.717, 1.165) is 12.1 Å². The molecule has 0 spiro atoms. The first-order chi connectivity index (χ1) is 11.9. The number of hydrogen-bond acceptors (Lipinski definition) is 5. The summed E-state index contributed by atoms with van der Waals surface area (Å²) in [6.07, 6.45) is -4.41. The van der Waals surface area contributed by atoms with Gasteiger partial charge in [-0.05, 0) is 19.1 Å². The highest BCUT2D eigenvalue weighted by atomic mass is 19.4. The molecule has 3 N–H and O–H groups in total. The van der Waals surface area contributed by atoms with Crippen LogP contribution >= 0.6 is 0 Å². The van der Waals surface area contributed by atoms with Crippen LogP contribution in [0.3, 0.4) is 0 Å². The number of anilines is 1. The Kier molecular flexibility index (Phi) is 3.22. The van der Waals surface area contributed by atoms with Crippen molar-refractivity contribution < 1.29 is 17.6 Å². The molecule has 0 atom stereocenters. The standard InChI is InChI=1S/C16H12F3N5O/c1-8-22-23-15(21-20)12-7-14-11(24(8)12)6-13(25-14)9-3-2-4-10(5-9)16(17,18)19/h2-7H,20H2,1H3,(H,21,23). The highest BCUT2D eigenvalue weighted by Crippen LogP contribution is 2.35. The van der Waals surface area contributed by atoms with Gasteiger partial charge in [-0.15, -0.1) is 10.2 Å². The molecule has 0 radical (unpaired) electrons. The zero-order chi connectivity index (χ0) is 17.8. The number of nitrogens with one attached hydrogen (secondary N) is 1. The number of nitrogens with two attached hydrogens (primary N) is 1. The fourth-order valence-electron chi connectivity index (χ4n) is 2.83. The first kappa shape index (κ1) is 15.5. The number of hydrazine groups is 1. The Morgan fingerprint density at radius 1 is 1.12 bits per heavy atom. The van der Waals surface area contributed by atoms with Crippen LogP contribution in [-0.2, 0) is 6.18 Å². The molecule has 128 valence electrons. The molecule has 25 heavy (non-hydrogen) atoms. The summed E-state index contributed by atoms with van der Waals surface area (Å²) in [5, 5.41) is 7.95. The molecule has 0 saturated heterocycles. The van der Waals surface area contributed by atoms with Gasteiger partial charge in [0.1, 0.15) is 11.6 Å². The van der Waals surface area contributed by atoms with Gasteiger partial charge < -0.3 is 9.84 Å². The Hall–Kier alpha value is -3.07. The van der Waals surface area contributed by atoms with Crippen molar-refractivity contribution in [3.8, 4) is 11.3 Å². The van der Waals surface area contributed by atoms with Gasteiger partial charge in [-0.1, -0.05) is 12.1 Å². The number of aryl methyl sites for hydroxylation is 1. The van der Waals surface area contributed by atoms with Crippen molar-refractivity contribution in [3.05, 3.63) is 47.8 Å². The van der Waals surface area contributed by atoms with Gasteiger partial charge in [0.05, 0.1) is 16.6 Å². The first-order valence-corrected chi connectivity index (χ1v) is 7.31. The number of hydrogen-bond donors (Lipinski definition) is 2. The summed E-state index contributed by atoms with van der Waals surface area (Å²) >= 11 is 0. The lowest BCUT2D eigenvalue weighted by atomic mass is 10.1. The van der Waals surface area contributed by atoms with Crippen LogP contribution in [0.25, 0.3) is 27.9 Å². The number of benzene rings is 1. The summed E-state index contributed by atoms with van der Waals surface area (Å²) in [5.41, 5.74) is 3.91. The number of nitrogens with zero attached hydrogens (tertiary/aromatic N) is 3. The number of alkyl halides is 3. The highest BCUT2D eigenvalue weighted by Gasteiger charge is 2.30. The van der Waals surface area contributed by atoms with Crippen molar-refractivity contribution in [1.82, 2.24) is 14.6 Å². The van der Waals surface area contributed by atoms with Crippen LogP contribution in [0.5, 0.6) is 0 Å². The van der Waals surface area contributed by atoms with Gasteiger partial charge in [-0.25, -0.2) is 5.84 Å². The minimum atomic E-state index is -4.41. The summed E-state index contributed by atoms with van der Waals surface area (Å²) in [6.45, 7) is 1.76. The predicted molar refractivity (Wildman–Crippen MR) is 85.7 cm³/mol. The van der Waals surface area contributed by atoms with Crippen LogP contribution < -0.4 is 11.3 Å². The molecule has 4 aromatic rings. The van der Waals surface area contributed by atoms with Crippen LogP contribution in [0.1, 0.15) is 11.4 Å². The van der Waals surface area contributed by atoms with Gasteiger partial charge in [0, 0.05) is 17.7 Å². The van der Waals surface area contributed by atoms with E-state index in [4.69, 9.17) is 10.3 Å². The second kappa shape index (κ2) is 5.21. The van der Waals surface area contributed by atoms with E-state index in [1.807, 2.05) is 0 Å². The van der Waals surface area contributed by atoms with Gasteiger partial charge in [0.2, 0.25) is 0 Å². The zero-order valence-electron chi connectivity index (χ0n) is 12.9. The molecule has 0 aliphatic carbocycles. The lowest BCUT2D eigenvalue weighted by Crippen LogP contribution is -2.12. The zero-order valence-corrected chi connectivity index (χ0v) is 12.9. The topological polar surface area (TPSA) is 81.4 Å². The molecule has 0 unspecified atom stereocenters. The number of fused-ring (bicyclic) bond motifs is 3. The molecular weight excluding hydrogens is 335 g/mol. The monoisotopic (exact) mass is 347 g/mol. The molecule has 0 amide bonds. The minimum absolute atomic E-state index is 0.337. The molecule has 1 aromatic carbocycles. The van der Waals surface area contributed by atoms with Crippen molar-refractivity contribution in [2.45, 2.75) is 13.1 Å². The van der Waals surface area contributed by atoms with Crippen molar-refractivity contribution in [3.63, 3.8) is 0 Å². The van der Waals surface area contributed by atoms with E-state index in [9.17, 15) is 13.2 Å². The van der Waals surface area contributed by atoms with Crippen LogP contribution in [0.2, 0.25) is 0 Å². The smallest absolute Gasteiger partial charge is 0.416 e. The summed E-state index contributed by atoms with van der Waals surface area (Å²) in [4.78, 5) is 0. The average Bonchev–Trinajstić information content (AvgIpc) is 3.13. The molecule has 9 heteroatoms. The molecule has 6 nitrogen and oxygen atoms in total. The minimum Gasteiger partial charge on any atom is -0.454 e. The third-order valence-corrected chi connectivity index (χ3v) is 3.96. The summed E-state index contributed by atoms with van der Waals surface area (Å²) in [7, 11) is 0. The summed E-state index contributed by atoms with van der Waals surface area (Å²) in [6, 6.07) is 8.39. The number of furan rings is 1. The molecule has 4 rings (SSSR count). The Labute approximate surface area is 139 Å². The van der Waals surface area contributed by atoms with Gasteiger partial charge in [-0.3, -0.25) is 4.40 Å². The molecule has 0 bridgehead atoms. The summed E-state index contributed by atoms with van der Waals surface area (Å²) < 4.78 is 46.2. The van der Waals surface area contributed by atoms with E-state index in [1.165, 1.54) is 6.07 Å². The number of rotatable bonds is 2. The van der Waals surface area contributed by atoms with Gasteiger partial charge in [-0.2, -0.15) is 13.2 Å². The maximum Gasteiger partial charge on any atom is 0.416 e. The second-order valence-corrected chi connectivity index (χ2v) is 5.54. The molecule has 0 aliphatic rings. The fourth-order valence-corrected chi connectivity index (χ4v) is 2.83. The maximum atomic E-state index is 12.9. The molecule has 3 heterocycles. The van der Waals surface area contributed by atoms with Crippen molar-refractivity contribution in [1.29, 1.82) is 0 Å². The molecule has 0 fully saturated rings. The van der Waals surface area contributed by atoms with Crippen LogP contribution in [-0.4, -0.2) is 14.6 Å². The van der Waals surface area contributed by atoms with Crippen molar-refractivity contribution in [2.75, 3.05) is 5.43 Å². The van der Waals surface area contributed by atoms with Gasteiger partial charge >= 0.3 is 6.18 Å². The Bertz CT molecular complexity index is 1100. The van der Waals surface area contributed by atoms with E-state index in [-0.39, 0.29) is 0 Å². The molecule has 3 aromatic heterocycles. The van der Waals surface area contributed by atoms with Crippen LogP contribution in [0.4, 0.5) is 19.0 Å². The summed E-state index contributed by atoms with van der Waals surface area (Å²) in [5.74, 6) is 6.74. The lowest BCUT2D eigenvalue weighted by molar-refractivity contribution is -0.137.